The molecule has 0 aromatic heterocycles. The van der Waals surface area contributed by atoms with Gasteiger partial charge in [-0.05, 0) is 49.7 Å². The van der Waals surface area contributed by atoms with Crippen LogP contribution in [-0.2, 0) is 0 Å². The smallest absolute Gasteiger partial charge is 0.0537 e. The van der Waals surface area contributed by atoms with Crippen molar-refractivity contribution in [1.29, 1.82) is 0 Å². The molecular formula is C16H19ClO. The van der Waals surface area contributed by atoms with Crippen LogP contribution in [0.4, 0.5) is 0 Å². The Bertz CT molecular complexity index is 396. The van der Waals surface area contributed by atoms with Crippen molar-refractivity contribution in [1.82, 2.24) is 0 Å². The highest BCUT2D eigenvalue weighted by molar-refractivity contribution is 6.25. The van der Waals surface area contributed by atoms with Crippen LogP contribution < -0.4 is 0 Å². The van der Waals surface area contributed by atoms with Crippen molar-refractivity contribution in [3.05, 3.63) is 35.9 Å². The minimum Gasteiger partial charge on any atom is -0.393 e. The highest BCUT2D eigenvalue weighted by atomic mass is 35.5. The third kappa shape index (κ3) is 12.7. The van der Waals surface area contributed by atoms with E-state index in [9.17, 15) is 5.11 Å². The van der Waals surface area contributed by atoms with Gasteiger partial charge in [0.15, 0.2) is 0 Å². The Hall–Kier alpha value is -1.41. The van der Waals surface area contributed by atoms with Gasteiger partial charge in [-0.1, -0.05) is 48.6 Å². The van der Waals surface area contributed by atoms with E-state index in [0.717, 1.165) is 25.7 Å². The average molecular weight is 263 g/mol. The van der Waals surface area contributed by atoms with Crippen molar-refractivity contribution >= 4 is 11.6 Å². The Morgan fingerprint density at radius 1 is 1.17 bits per heavy atom. The fraction of sp³-hybridized carbons (Fsp3) is 0.375. The van der Waals surface area contributed by atoms with Crippen LogP contribution in [0.1, 0.15) is 32.6 Å². The first kappa shape index (κ1) is 16.6. The van der Waals surface area contributed by atoms with Crippen molar-refractivity contribution in [3.63, 3.8) is 0 Å². The molecule has 0 saturated heterocycles. The third-order valence-electron chi connectivity index (χ3n) is 2.15. The molecule has 1 atom stereocenters. The quantitative estimate of drug-likeness (QED) is 0.439. The van der Waals surface area contributed by atoms with Crippen LogP contribution in [-0.4, -0.2) is 11.2 Å². The first-order valence-electron chi connectivity index (χ1n) is 6.07. The van der Waals surface area contributed by atoms with Gasteiger partial charge < -0.3 is 5.11 Å². The van der Waals surface area contributed by atoms with Crippen molar-refractivity contribution in [2.45, 2.75) is 38.7 Å². The number of hydrogen-bond acceptors (Lipinski definition) is 1. The number of aliphatic hydroxyl groups is 1. The van der Waals surface area contributed by atoms with E-state index in [0.29, 0.717) is 0 Å². The maximum absolute atomic E-state index is 9.33. The van der Waals surface area contributed by atoms with E-state index in [2.05, 4.69) is 23.7 Å². The predicted molar refractivity (Wildman–Crippen MR) is 79.0 cm³/mol. The van der Waals surface area contributed by atoms with Crippen LogP contribution in [0.15, 0.2) is 35.9 Å². The Labute approximate surface area is 115 Å². The molecule has 0 aromatic carbocycles. The Morgan fingerprint density at radius 3 is 2.56 bits per heavy atom. The van der Waals surface area contributed by atoms with Crippen molar-refractivity contribution < 1.29 is 5.11 Å². The zero-order valence-electron chi connectivity index (χ0n) is 10.7. The zero-order valence-corrected chi connectivity index (χ0v) is 11.5. The third-order valence-corrected chi connectivity index (χ3v) is 2.30. The molecule has 18 heavy (non-hydrogen) atoms. The molecule has 96 valence electrons. The van der Waals surface area contributed by atoms with Gasteiger partial charge >= 0.3 is 0 Å². The van der Waals surface area contributed by atoms with E-state index in [1.807, 2.05) is 13.0 Å². The lowest BCUT2D eigenvalue weighted by atomic mass is 10.1. The summed E-state index contributed by atoms with van der Waals surface area (Å²) in [5.41, 5.74) is 1.42. The van der Waals surface area contributed by atoms with Gasteiger partial charge in [0.05, 0.1) is 6.10 Å². The van der Waals surface area contributed by atoms with Crippen LogP contribution in [0.5, 0.6) is 0 Å². The minimum absolute atomic E-state index is 0.163. The zero-order chi connectivity index (χ0) is 13.5. The lowest BCUT2D eigenvalue weighted by Gasteiger charge is -2.04. The molecule has 0 aliphatic carbocycles. The number of unbranched alkanes of at least 4 members (excludes halogenated alkanes) is 1. The van der Waals surface area contributed by atoms with Crippen LogP contribution in [0.2, 0.25) is 0 Å². The van der Waals surface area contributed by atoms with Gasteiger partial charge in [-0.15, -0.1) is 0 Å². The molecule has 0 aromatic rings. The molecular weight excluding hydrogens is 244 g/mol. The second kappa shape index (κ2) is 13.7. The minimum atomic E-state index is -0.163. The van der Waals surface area contributed by atoms with Crippen molar-refractivity contribution in [2.24, 2.45) is 0 Å². The molecule has 1 nitrogen and oxygen atoms in total. The Morgan fingerprint density at radius 2 is 1.89 bits per heavy atom. The SMILES string of the molecule is CCC(O)CCC/C=C\C#CC#C/C=C/C=C\Cl. The van der Waals surface area contributed by atoms with Crippen LogP contribution >= 0.6 is 11.6 Å². The van der Waals surface area contributed by atoms with Gasteiger partial charge in [-0.2, -0.15) is 0 Å². The molecule has 0 rings (SSSR count). The predicted octanol–water partition coefficient (Wildman–Crippen LogP) is 3.80. The van der Waals surface area contributed by atoms with E-state index in [1.165, 1.54) is 5.54 Å². The molecule has 0 radical (unpaired) electrons. The molecule has 0 aliphatic rings. The molecule has 0 amide bonds. The van der Waals surface area contributed by atoms with Crippen LogP contribution in [0, 0.1) is 23.7 Å². The summed E-state index contributed by atoms with van der Waals surface area (Å²) >= 11 is 5.32. The normalized spacial score (nSPS) is 12.4. The lowest BCUT2D eigenvalue weighted by molar-refractivity contribution is 0.158. The number of hydrogen-bond donors (Lipinski definition) is 1. The number of rotatable bonds is 6. The van der Waals surface area contributed by atoms with E-state index in [4.69, 9.17) is 11.6 Å². The summed E-state index contributed by atoms with van der Waals surface area (Å²) in [5.74, 6) is 11.0. The number of aliphatic hydroxyl groups excluding tert-OH is 1. The van der Waals surface area contributed by atoms with Gasteiger partial charge in [0.1, 0.15) is 0 Å². The molecule has 0 aliphatic heterocycles. The fourth-order valence-corrected chi connectivity index (χ4v) is 1.20. The van der Waals surface area contributed by atoms with Crippen molar-refractivity contribution in [2.75, 3.05) is 0 Å². The Balaban J connectivity index is 3.70. The molecule has 0 heterocycles. The summed E-state index contributed by atoms with van der Waals surface area (Å²) in [6.45, 7) is 1.99. The molecule has 1 unspecified atom stereocenters. The second-order valence-corrected chi connectivity index (χ2v) is 3.86. The summed E-state index contributed by atoms with van der Waals surface area (Å²) < 4.78 is 0. The monoisotopic (exact) mass is 262 g/mol. The van der Waals surface area contributed by atoms with Gasteiger partial charge in [0.2, 0.25) is 0 Å². The second-order valence-electron chi connectivity index (χ2n) is 3.61. The highest BCUT2D eigenvalue weighted by Crippen LogP contribution is 2.03. The molecule has 2 heteroatoms. The first-order chi connectivity index (χ1) is 8.81. The summed E-state index contributed by atoms with van der Waals surface area (Å²) in [4.78, 5) is 0. The van der Waals surface area contributed by atoms with E-state index in [-0.39, 0.29) is 6.10 Å². The van der Waals surface area contributed by atoms with E-state index >= 15 is 0 Å². The average Bonchev–Trinajstić information content (AvgIpc) is 2.39. The fourth-order valence-electron chi connectivity index (χ4n) is 1.12. The van der Waals surface area contributed by atoms with Crippen LogP contribution in [0.25, 0.3) is 0 Å². The van der Waals surface area contributed by atoms with Gasteiger partial charge in [-0.3, -0.25) is 0 Å². The van der Waals surface area contributed by atoms with Gasteiger partial charge in [0, 0.05) is 5.54 Å². The van der Waals surface area contributed by atoms with E-state index < -0.39 is 0 Å². The standard InChI is InChI=1S/C16H19ClO/c1-2-16(18)14-12-10-8-6-4-3-5-7-9-11-13-15-17/h6,8-9,11,13,15-16,18H,2,10,12,14H2,1H3/b8-6-,11-9+,15-13-. The maximum Gasteiger partial charge on any atom is 0.0537 e. The van der Waals surface area contributed by atoms with Gasteiger partial charge in [0.25, 0.3) is 0 Å². The topological polar surface area (TPSA) is 20.2 Å². The van der Waals surface area contributed by atoms with Crippen LogP contribution in [0.3, 0.4) is 0 Å². The lowest BCUT2D eigenvalue weighted by Crippen LogP contribution is -2.02. The molecule has 0 saturated carbocycles. The molecule has 0 spiro atoms. The van der Waals surface area contributed by atoms with Crippen molar-refractivity contribution in [3.8, 4) is 23.7 Å². The molecule has 1 N–H and O–H groups in total. The summed E-state index contributed by atoms with van der Waals surface area (Å²) in [7, 11) is 0. The largest absolute Gasteiger partial charge is 0.393 e. The summed E-state index contributed by atoms with van der Waals surface area (Å²) in [5, 5.41) is 9.33. The number of halogens is 1. The summed E-state index contributed by atoms with van der Waals surface area (Å²) in [6, 6.07) is 0. The number of allylic oxidation sites excluding steroid dienone is 5. The highest BCUT2D eigenvalue weighted by Gasteiger charge is 1.97. The molecule has 0 fully saturated rings. The first-order valence-corrected chi connectivity index (χ1v) is 6.51. The summed E-state index contributed by atoms with van der Waals surface area (Å²) in [6.07, 6.45) is 12.4. The van der Waals surface area contributed by atoms with E-state index in [1.54, 1.807) is 24.3 Å². The maximum atomic E-state index is 9.33. The van der Waals surface area contributed by atoms with Gasteiger partial charge in [-0.25, -0.2) is 0 Å². The Kier molecular flexibility index (Phi) is 12.6. The molecule has 0 bridgehead atoms.